The molecule has 0 fully saturated rings. The molecule has 2 amide bonds. The molecule has 5 rings (SSSR count). The van der Waals surface area contributed by atoms with E-state index in [1.807, 2.05) is 6.92 Å². The number of amides is 2. The topological polar surface area (TPSA) is 112 Å². The van der Waals surface area contributed by atoms with Crippen molar-refractivity contribution in [3.05, 3.63) is 34.5 Å². The van der Waals surface area contributed by atoms with Crippen LogP contribution in [0.4, 0.5) is 10.5 Å². The van der Waals surface area contributed by atoms with Crippen LogP contribution in [0.15, 0.2) is 21.5 Å². The van der Waals surface area contributed by atoms with Gasteiger partial charge in [-0.25, -0.2) is 18.8 Å². The van der Waals surface area contributed by atoms with Crippen molar-refractivity contribution in [2.24, 2.45) is 15.4 Å². The van der Waals surface area contributed by atoms with Crippen molar-refractivity contribution in [1.82, 2.24) is 9.78 Å². The summed E-state index contributed by atoms with van der Waals surface area (Å²) in [4.78, 5) is 13.0. The van der Waals surface area contributed by atoms with E-state index in [9.17, 15) is 9.00 Å². The number of hydrogen-bond acceptors (Lipinski definition) is 4. The molecule has 160 valence electrons. The first kappa shape index (κ1) is 19.6. The minimum absolute atomic E-state index is 0.168. The molecule has 30 heavy (non-hydrogen) atoms. The van der Waals surface area contributed by atoms with Crippen LogP contribution in [0.5, 0.6) is 5.88 Å². The van der Waals surface area contributed by atoms with E-state index >= 15 is 0 Å². The summed E-state index contributed by atoms with van der Waals surface area (Å²) in [5.74, 6) is 1.01. The maximum Gasteiger partial charge on any atom is 0.354 e. The molecule has 2 aliphatic carbocycles. The lowest BCUT2D eigenvalue weighted by atomic mass is 9.95. The molecule has 0 spiro atoms. The van der Waals surface area contributed by atoms with Crippen molar-refractivity contribution < 1.29 is 13.7 Å². The van der Waals surface area contributed by atoms with Crippen molar-refractivity contribution in [2.45, 2.75) is 63.3 Å². The normalized spacial score (nSPS) is 23.7. The number of benzene rings is 1. The van der Waals surface area contributed by atoms with Gasteiger partial charge in [0.1, 0.15) is 4.90 Å². The fourth-order valence-electron chi connectivity index (χ4n) is 4.96. The van der Waals surface area contributed by atoms with Crippen molar-refractivity contribution in [3.63, 3.8) is 0 Å². The molecular weight excluding hydrogens is 402 g/mol. The minimum Gasteiger partial charge on any atom is -0.477 e. The zero-order chi connectivity index (χ0) is 21.0. The van der Waals surface area contributed by atoms with Crippen LogP contribution in [0.2, 0.25) is 0 Å². The van der Waals surface area contributed by atoms with E-state index in [0.29, 0.717) is 30.9 Å². The van der Waals surface area contributed by atoms with E-state index < -0.39 is 15.9 Å². The van der Waals surface area contributed by atoms with Crippen LogP contribution in [-0.4, -0.2) is 26.6 Å². The summed E-state index contributed by atoms with van der Waals surface area (Å²) in [6, 6.07) is 1.62. The number of hydrogen-bond donors (Lipinski definition) is 2. The van der Waals surface area contributed by atoms with Gasteiger partial charge in [-0.05, 0) is 60.3 Å². The number of urea groups is 1. The number of aromatic nitrogens is 2. The number of carbonyl (C=O) groups is 1. The Morgan fingerprint density at radius 3 is 3.00 bits per heavy atom. The number of ether oxygens (including phenoxy) is 1. The van der Waals surface area contributed by atoms with Crippen LogP contribution in [0.25, 0.3) is 0 Å². The zero-order valence-electron chi connectivity index (χ0n) is 17.3. The van der Waals surface area contributed by atoms with E-state index in [1.54, 1.807) is 4.68 Å². The number of carbonyl (C=O) groups excluding carboxylic acids is 1. The predicted molar refractivity (Wildman–Crippen MR) is 114 cm³/mol. The monoisotopic (exact) mass is 429 g/mol. The Bertz CT molecular complexity index is 1160. The Kier molecular flexibility index (Phi) is 4.62. The summed E-state index contributed by atoms with van der Waals surface area (Å²) in [6.45, 7) is 5.36. The van der Waals surface area contributed by atoms with Crippen LogP contribution in [0, 0.1) is 5.92 Å². The van der Waals surface area contributed by atoms with Crippen LogP contribution in [0.3, 0.4) is 0 Å². The second kappa shape index (κ2) is 7.09. The average Bonchev–Trinajstić information content (AvgIpc) is 3.39. The Morgan fingerprint density at radius 1 is 1.33 bits per heavy atom. The van der Waals surface area contributed by atoms with Gasteiger partial charge in [0.05, 0.1) is 19.3 Å². The number of aryl methyl sites for hydroxylation is 2. The van der Waals surface area contributed by atoms with Crippen molar-refractivity contribution in [3.8, 4) is 5.88 Å². The molecule has 3 N–H and O–H groups in total. The minimum atomic E-state index is -3.48. The lowest BCUT2D eigenvalue weighted by Gasteiger charge is -2.21. The Balaban J connectivity index is 1.49. The smallest absolute Gasteiger partial charge is 0.354 e. The predicted octanol–water partition coefficient (Wildman–Crippen LogP) is 3.38. The van der Waals surface area contributed by atoms with Crippen LogP contribution in [0.1, 0.15) is 54.9 Å². The summed E-state index contributed by atoms with van der Waals surface area (Å²) < 4.78 is 24.3. The summed E-state index contributed by atoms with van der Waals surface area (Å²) in [6.07, 6.45) is 6.54. The molecule has 2 aromatic rings. The molecule has 0 bridgehead atoms. The maximum atomic E-state index is 13.2. The van der Waals surface area contributed by atoms with Gasteiger partial charge in [0.25, 0.3) is 0 Å². The standard InChI is InChI=1S/C21H27N5O3S/c1-12-10-26-20(29-11-12)17(9-23-26)30(22,28)25-21(27)24-19-16-5-3-4-14(16)8-15-7-6-13(2)18(15)19/h8-9,12-13H,3-7,10-11H2,1-2H3,(H3,22,24,25,27,28)/t12?,13-,30?/m0/s1. The SMILES string of the molecule is CC1COc2c(S(N)(=O)=NC(=O)Nc3c4c(cc5c3[C@@H](C)CC5)CCC4)cnn2C1. The van der Waals surface area contributed by atoms with Crippen molar-refractivity contribution >= 4 is 21.6 Å². The third kappa shape index (κ3) is 3.20. The third-order valence-corrected chi connectivity index (χ3v) is 7.73. The molecular formula is C21H27N5O3S. The fraction of sp³-hybridized carbons (Fsp3) is 0.524. The molecule has 1 aliphatic heterocycles. The number of nitrogens with two attached hydrogens (primary N) is 1. The average molecular weight is 430 g/mol. The summed E-state index contributed by atoms with van der Waals surface area (Å²) in [5.41, 5.74) is 5.86. The molecule has 1 aromatic carbocycles. The van der Waals surface area contributed by atoms with Gasteiger partial charge in [-0.15, -0.1) is 4.36 Å². The highest BCUT2D eigenvalue weighted by molar-refractivity contribution is 7.91. The number of nitrogens with one attached hydrogen (secondary N) is 1. The molecule has 1 aromatic heterocycles. The number of rotatable bonds is 2. The van der Waals surface area contributed by atoms with Crippen molar-refractivity contribution in [1.29, 1.82) is 0 Å². The van der Waals surface area contributed by atoms with E-state index in [-0.39, 0.29) is 4.90 Å². The Labute approximate surface area is 176 Å². The van der Waals surface area contributed by atoms with Crippen molar-refractivity contribution in [2.75, 3.05) is 11.9 Å². The highest BCUT2D eigenvalue weighted by Crippen LogP contribution is 2.44. The first-order valence-electron chi connectivity index (χ1n) is 10.6. The number of anilines is 1. The van der Waals surface area contributed by atoms with E-state index in [1.165, 1.54) is 28.5 Å². The highest BCUT2D eigenvalue weighted by Gasteiger charge is 2.30. The second-order valence-corrected chi connectivity index (χ2v) is 10.5. The lowest BCUT2D eigenvalue weighted by Crippen LogP contribution is -2.25. The van der Waals surface area contributed by atoms with Crippen LogP contribution >= 0.6 is 0 Å². The molecule has 8 nitrogen and oxygen atoms in total. The molecule has 0 saturated heterocycles. The van der Waals surface area contributed by atoms with Gasteiger partial charge >= 0.3 is 6.03 Å². The van der Waals surface area contributed by atoms with Crippen LogP contribution < -0.4 is 15.2 Å². The highest BCUT2D eigenvalue weighted by atomic mass is 32.2. The van der Waals surface area contributed by atoms with Gasteiger partial charge in [-0.3, -0.25) is 0 Å². The Hall–Kier alpha value is -2.39. The molecule has 3 atom stereocenters. The maximum absolute atomic E-state index is 13.2. The van der Waals surface area contributed by atoms with Gasteiger partial charge < -0.3 is 10.1 Å². The van der Waals surface area contributed by atoms with E-state index in [4.69, 9.17) is 9.88 Å². The number of nitrogens with zero attached hydrogens (tertiary/aromatic N) is 3. The Morgan fingerprint density at radius 2 is 2.17 bits per heavy atom. The van der Waals surface area contributed by atoms with E-state index in [0.717, 1.165) is 37.8 Å². The largest absolute Gasteiger partial charge is 0.477 e. The number of fused-ring (bicyclic) bond motifs is 3. The zero-order valence-corrected chi connectivity index (χ0v) is 18.1. The fourth-order valence-corrected chi connectivity index (χ4v) is 5.96. The van der Waals surface area contributed by atoms with Gasteiger partial charge in [-0.2, -0.15) is 5.10 Å². The van der Waals surface area contributed by atoms with Gasteiger partial charge in [0.15, 0.2) is 9.92 Å². The van der Waals surface area contributed by atoms with Crippen LogP contribution in [-0.2, 0) is 35.7 Å². The molecule has 3 aliphatic rings. The van der Waals surface area contributed by atoms with Gasteiger partial charge in [0, 0.05) is 11.6 Å². The molecule has 0 saturated carbocycles. The quantitative estimate of drug-likeness (QED) is 0.762. The lowest BCUT2D eigenvalue weighted by molar-refractivity contribution is 0.171. The molecule has 2 unspecified atom stereocenters. The molecule has 0 radical (unpaired) electrons. The third-order valence-electron chi connectivity index (χ3n) is 6.38. The molecule has 9 heteroatoms. The molecule has 2 heterocycles. The van der Waals surface area contributed by atoms with E-state index in [2.05, 4.69) is 27.8 Å². The summed E-state index contributed by atoms with van der Waals surface area (Å²) in [7, 11) is -3.48. The first-order chi connectivity index (χ1) is 14.3. The first-order valence-corrected chi connectivity index (χ1v) is 12.1. The second-order valence-electron chi connectivity index (χ2n) is 8.76. The summed E-state index contributed by atoms with van der Waals surface area (Å²) >= 11 is 0. The van der Waals surface area contributed by atoms with Gasteiger partial charge in [0.2, 0.25) is 5.88 Å². The summed E-state index contributed by atoms with van der Waals surface area (Å²) in [5, 5.41) is 13.2. The van der Waals surface area contributed by atoms with Gasteiger partial charge in [-0.1, -0.05) is 19.9 Å².